The molecule has 0 spiro atoms. The second-order valence-corrected chi connectivity index (χ2v) is 7.02. The number of hydrogen-bond donors (Lipinski definition) is 3. The Morgan fingerprint density at radius 3 is 2.54 bits per heavy atom. The molecule has 1 atom stereocenters. The van der Waals surface area contributed by atoms with Crippen molar-refractivity contribution in [2.75, 3.05) is 13.2 Å². The van der Waals surface area contributed by atoms with Gasteiger partial charge in [-0.15, -0.1) is 0 Å². The SMILES string of the molecule is CC(C)C[C@H](NC(=O)CNC(=O)c1ccccc1OCC1CC1)C(=O)O. The van der Waals surface area contributed by atoms with Crippen molar-refractivity contribution >= 4 is 17.8 Å². The van der Waals surface area contributed by atoms with Crippen molar-refractivity contribution in [1.82, 2.24) is 10.6 Å². The van der Waals surface area contributed by atoms with Gasteiger partial charge in [0.2, 0.25) is 5.91 Å². The third kappa shape index (κ3) is 6.38. The van der Waals surface area contributed by atoms with E-state index in [4.69, 9.17) is 9.84 Å². The third-order valence-corrected chi connectivity index (χ3v) is 4.05. The standard InChI is InChI=1S/C19H26N2O5/c1-12(2)9-15(19(24)25)21-17(22)10-20-18(23)14-5-3-4-6-16(14)26-11-13-7-8-13/h3-6,12-13,15H,7-11H2,1-2H3,(H,20,23)(H,21,22)(H,24,25)/t15-/m0/s1. The summed E-state index contributed by atoms with van der Waals surface area (Å²) in [6.07, 6.45) is 2.62. The molecule has 2 rings (SSSR count). The average molecular weight is 362 g/mol. The Labute approximate surface area is 153 Å². The number of rotatable bonds is 10. The lowest BCUT2D eigenvalue weighted by atomic mass is 10.0. The summed E-state index contributed by atoms with van der Waals surface area (Å²) < 4.78 is 5.69. The van der Waals surface area contributed by atoms with E-state index in [1.165, 1.54) is 0 Å². The molecule has 0 unspecified atom stereocenters. The van der Waals surface area contributed by atoms with Crippen LogP contribution in [-0.4, -0.2) is 42.1 Å². The molecule has 7 nitrogen and oxygen atoms in total. The van der Waals surface area contributed by atoms with E-state index >= 15 is 0 Å². The van der Waals surface area contributed by atoms with E-state index in [1.54, 1.807) is 24.3 Å². The van der Waals surface area contributed by atoms with Crippen LogP contribution in [0.2, 0.25) is 0 Å². The van der Waals surface area contributed by atoms with E-state index in [1.807, 2.05) is 13.8 Å². The highest BCUT2D eigenvalue weighted by molar-refractivity contribution is 5.99. The number of hydrogen-bond acceptors (Lipinski definition) is 4. The van der Waals surface area contributed by atoms with Gasteiger partial charge in [0.1, 0.15) is 11.8 Å². The van der Waals surface area contributed by atoms with E-state index in [0.717, 1.165) is 12.8 Å². The molecule has 1 fully saturated rings. The Morgan fingerprint density at radius 2 is 1.92 bits per heavy atom. The minimum atomic E-state index is -1.09. The summed E-state index contributed by atoms with van der Waals surface area (Å²) in [7, 11) is 0. The third-order valence-electron chi connectivity index (χ3n) is 4.05. The number of aliphatic carboxylic acids is 1. The van der Waals surface area contributed by atoms with Gasteiger partial charge in [-0.05, 0) is 43.2 Å². The molecule has 26 heavy (non-hydrogen) atoms. The van der Waals surface area contributed by atoms with Crippen LogP contribution in [0.4, 0.5) is 0 Å². The highest BCUT2D eigenvalue weighted by Crippen LogP contribution is 2.30. The van der Waals surface area contributed by atoms with Gasteiger partial charge in [0.05, 0.1) is 18.7 Å². The van der Waals surface area contributed by atoms with Crippen molar-refractivity contribution in [3.8, 4) is 5.75 Å². The van der Waals surface area contributed by atoms with Gasteiger partial charge < -0.3 is 20.5 Å². The van der Waals surface area contributed by atoms with E-state index in [2.05, 4.69) is 10.6 Å². The summed E-state index contributed by atoms with van der Waals surface area (Å²) in [5, 5.41) is 14.1. The number of benzene rings is 1. The molecule has 1 aliphatic carbocycles. The van der Waals surface area contributed by atoms with Crippen molar-refractivity contribution in [3.63, 3.8) is 0 Å². The van der Waals surface area contributed by atoms with Crippen molar-refractivity contribution < 1.29 is 24.2 Å². The van der Waals surface area contributed by atoms with Crippen LogP contribution in [-0.2, 0) is 9.59 Å². The fourth-order valence-electron chi connectivity index (χ4n) is 2.47. The van der Waals surface area contributed by atoms with E-state index in [9.17, 15) is 14.4 Å². The van der Waals surface area contributed by atoms with Crippen molar-refractivity contribution in [2.45, 2.75) is 39.2 Å². The molecule has 7 heteroatoms. The second kappa shape index (κ2) is 9.22. The molecule has 1 saturated carbocycles. The Morgan fingerprint density at radius 1 is 1.23 bits per heavy atom. The Hall–Kier alpha value is -2.57. The predicted molar refractivity (Wildman–Crippen MR) is 96.0 cm³/mol. The van der Waals surface area contributed by atoms with Gasteiger partial charge >= 0.3 is 5.97 Å². The van der Waals surface area contributed by atoms with Crippen LogP contribution in [0.5, 0.6) is 5.75 Å². The Kier molecular flexibility index (Phi) is 7.00. The highest BCUT2D eigenvalue weighted by atomic mass is 16.5. The van der Waals surface area contributed by atoms with Crippen molar-refractivity contribution in [2.24, 2.45) is 11.8 Å². The maximum atomic E-state index is 12.3. The average Bonchev–Trinajstić information content (AvgIpc) is 3.41. The lowest BCUT2D eigenvalue weighted by Crippen LogP contribution is -2.46. The van der Waals surface area contributed by atoms with Crippen LogP contribution in [0.15, 0.2) is 24.3 Å². The summed E-state index contributed by atoms with van der Waals surface area (Å²) in [4.78, 5) is 35.5. The van der Waals surface area contributed by atoms with Crippen LogP contribution < -0.4 is 15.4 Å². The molecule has 1 aromatic rings. The van der Waals surface area contributed by atoms with Gasteiger partial charge in [0.25, 0.3) is 5.91 Å². The topological polar surface area (TPSA) is 105 Å². The van der Waals surface area contributed by atoms with Gasteiger partial charge in [-0.1, -0.05) is 26.0 Å². The summed E-state index contributed by atoms with van der Waals surface area (Å²) in [6, 6.07) is 5.90. The first-order valence-electron chi connectivity index (χ1n) is 8.89. The molecule has 0 aliphatic heterocycles. The van der Waals surface area contributed by atoms with E-state index in [0.29, 0.717) is 30.3 Å². The molecule has 1 aromatic carbocycles. The summed E-state index contributed by atoms with van der Waals surface area (Å²) in [6.45, 7) is 4.04. The molecule has 0 heterocycles. The van der Waals surface area contributed by atoms with Crippen LogP contribution in [0.3, 0.4) is 0 Å². The summed E-state index contributed by atoms with van der Waals surface area (Å²) in [5.41, 5.74) is 0.359. The Balaban J connectivity index is 1.87. The molecule has 142 valence electrons. The van der Waals surface area contributed by atoms with Crippen LogP contribution >= 0.6 is 0 Å². The summed E-state index contributed by atoms with van der Waals surface area (Å²) >= 11 is 0. The fourth-order valence-corrected chi connectivity index (χ4v) is 2.47. The normalized spacial score (nSPS) is 14.6. The van der Waals surface area contributed by atoms with Gasteiger partial charge in [0, 0.05) is 0 Å². The number of carbonyl (C=O) groups is 3. The first-order chi connectivity index (χ1) is 12.4. The lowest BCUT2D eigenvalue weighted by molar-refractivity contribution is -0.142. The fraction of sp³-hybridized carbons (Fsp3) is 0.526. The Bertz CT molecular complexity index is 655. The zero-order valence-electron chi connectivity index (χ0n) is 15.2. The van der Waals surface area contributed by atoms with Gasteiger partial charge in [0.15, 0.2) is 0 Å². The number of para-hydroxylation sites is 1. The van der Waals surface area contributed by atoms with Gasteiger partial charge in [-0.25, -0.2) is 4.79 Å². The zero-order chi connectivity index (χ0) is 19.1. The lowest BCUT2D eigenvalue weighted by Gasteiger charge is -2.17. The quantitative estimate of drug-likeness (QED) is 0.589. The minimum absolute atomic E-state index is 0.126. The zero-order valence-corrected chi connectivity index (χ0v) is 15.2. The second-order valence-electron chi connectivity index (χ2n) is 7.02. The first-order valence-corrected chi connectivity index (χ1v) is 8.89. The smallest absolute Gasteiger partial charge is 0.326 e. The van der Waals surface area contributed by atoms with Crippen molar-refractivity contribution in [1.29, 1.82) is 0 Å². The molecule has 2 amide bonds. The molecule has 0 saturated heterocycles. The van der Waals surface area contributed by atoms with Crippen LogP contribution in [0, 0.1) is 11.8 Å². The monoisotopic (exact) mass is 362 g/mol. The van der Waals surface area contributed by atoms with Gasteiger partial charge in [-0.3, -0.25) is 9.59 Å². The number of ether oxygens (including phenoxy) is 1. The van der Waals surface area contributed by atoms with Crippen LogP contribution in [0.25, 0.3) is 0 Å². The maximum absolute atomic E-state index is 12.3. The summed E-state index contributed by atoms with van der Waals surface area (Å²) in [5.74, 6) is -0.880. The van der Waals surface area contributed by atoms with E-state index < -0.39 is 23.8 Å². The van der Waals surface area contributed by atoms with E-state index in [-0.39, 0.29) is 12.5 Å². The molecular weight excluding hydrogens is 336 g/mol. The molecule has 0 aromatic heterocycles. The number of amides is 2. The van der Waals surface area contributed by atoms with Crippen molar-refractivity contribution in [3.05, 3.63) is 29.8 Å². The van der Waals surface area contributed by atoms with Gasteiger partial charge in [-0.2, -0.15) is 0 Å². The number of carbonyl (C=O) groups excluding carboxylic acids is 2. The number of carboxylic acids is 1. The number of carboxylic acid groups (broad SMARTS) is 1. The highest BCUT2D eigenvalue weighted by Gasteiger charge is 2.24. The molecular formula is C19H26N2O5. The minimum Gasteiger partial charge on any atom is -0.492 e. The molecule has 3 N–H and O–H groups in total. The molecule has 1 aliphatic rings. The van der Waals surface area contributed by atoms with Crippen LogP contribution in [0.1, 0.15) is 43.5 Å². The maximum Gasteiger partial charge on any atom is 0.326 e. The molecule has 0 bridgehead atoms. The molecule has 0 radical (unpaired) electrons. The largest absolute Gasteiger partial charge is 0.492 e. The predicted octanol–water partition coefficient (Wildman–Crippen LogP) is 1.82. The number of nitrogens with one attached hydrogen (secondary N) is 2. The first kappa shape index (κ1) is 19.8.